The molecule has 2 aromatic carbocycles. The number of ether oxygens (including phenoxy) is 1. The first-order valence-electron chi connectivity index (χ1n) is 9.08. The van der Waals surface area contributed by atoms with E-state index in [1.807, 2.05) is 42.6 Å². The van der Waals surface area contributed by atoms with Crippen molar-refractivity contribution in [3.05, 3.63) is 89.8 Å². The molecule has 0 aliphatic carbocycles. The van der Waals surface area contributed by atoms with E-state index < -0.39 is 11.8 Å². The lowest BCUT2D eigenvalue weighted by Crippen LogP contribution is -2.43. The molecule has 150 valence electrons. The molecule has 3 rings (SSSR count). The molecule has 0 aliphatic rings. The van der Waals surface area contributed by atoms with E-state index in [4.69, 9.17) is 10.00 Å². The number of rotatable bonds is 7. The highest BCUT2D eigenvalue weighted by Gasteiger charge is 2.04. The molecule has 0 aliphatic heterocycles. The number of carbonyl (C=O) groups excluding carboxylic acids is 2. The zero-order valence-electron chi connectivity index (χ0n) is 16.0. The van der Waals surface area contributed by atoms with Crippen molar-refractivity contribution in [1.82, 2.24) is 20.6 Å². The van der Waals surface area contributed by atoms with E-state index >= 15 is 0 Å². The van der Waals surface area contributed by atoms with Gasteiger partial charge >= 0.3 is 0 Å². The van der Waals surface area contributed by atoms with Crippen molar-refractivity contribution < 1.29 is 14.3 Å². The van der Waals surface area contributed by atoms with Crippen LogP contribution in [0.2, 0.25) is 0 Å². The molecule has 0 atom stereocenters. The van der Waals surface area contributed by atoms with Crippen molar-refractivity contribution in [1.29, 1.82) is 5.26 Å². The SMILES string of the molecule is N#Cc1ccc(OCC(=O)NNC(=O)/C=C/c2cnn(Cc3ccccc3)c2)cc1. The van der Waals surface area contributed by atoms with Gasteiger partial charge < -0.3 is 4.74 Å². The monoisotopic (exact) mass is 401 g/mol. The van der Waals surface area contributed by atoms with E-state index in [0.717, 1.165) is 11.1 Å². The number of benzene rings is 2. The number of carbonyl (C=O) groups is 2. The number of amides is 2. The molecule has 0 saturated carbocycles. The smallest absolute Gasteiger partial charge is 0.276 e. The fourth-order valence-corrected chi connectivity index (χ4v) is 2.48. The first-order chi connectivity index (χ1) is 14.6. The predicted octanol–water partition coefficient (Wildman–Crippen LogP) is 2.04. The van der Waals surface area contributed by atoms with E-state index in [0.29, 0.717) is 17.9 Å². The Morgan fingerprint density at radius 2 is 1.87 bits per heavy atom. The Hall–Kier alpha value is -4.38. The van der Waals surface area contributed by atoms with E-state index in [-0.39, 0.29) is 6.61 Å². The molecule has 0 bridgehead atoms. The Balaban J connectivity index is 1.40. The van der Waals surface area contributed by atoms with Gasteiger partial charge in [0.25, 0.3) is 11.8 Å². The standard InChI is InChI=1S/C22H19N5O3/c23-12-17-6-9-20(10-7-17)30-16-22(29)26-25-21(28)11-8-19-13-24-27(15-19)14-18-4-2-1-3-5-18/h1-11,13,15H,14,16H2,(H,25,28)(H,26,29)/b11-8+. The maximum Gasteiger partial charge on any atom is 0.276 e. The maximum absolute atomic E-state index is 11.9. The summed E-state index contributed by atoms with van der Waals surface area (Å²) in [6.45, 7) is 0.359. The van der Waals surface area contributed by atoms with Crippen LogP contribution in [0.25, 0.3) is 6.08 Å². The fraction of sp³-hybridized carbons (Fsp3) is 0.0909. The zero-order valence-corrected chi connectivity index (χ0v) is 16.0. The van der Waals surface area contributed by atoms with Gasteiger partial charge in [0.1, 0.15) is 5.75 Å². The summed E-state index contributed by atoms with van der Waals surface area (Å²) in [5.41, 5.74) is 6.92. The van der Waals surface area contributed by atoms with Crippen LogP contribution in [0.5, 0.6) is 5.75 Å². The van der Waals surface area contributed by atoms with Crippen LogP contribution in [-0.4, -0.2) is 28.2 Å². The molecule has 1 aromatic heterocycles. The average molecular weight is 401 g/mol. The van der Waals surface area contributed by atoms with Crippen LogP contribution in [0.3, 0.4) is 0 Å². The molecular formula is C22H19N5O3. The van der Waals surface area contributed by atoms with Crippen LogP contribution in [0.15, 0.2) is 73.1 Å². The Kier molecular flexibility index (Phi) is 6.95. The molecule has 0 unspecified atom stereocenters. The van der Waals surface area contributed by atoms with Crippen molar-refractivity contribution in [3.63, 3.8) is 0 Å². The molecule has 8 nitrogen and oxygen atoms in total. The highest BCUT2D eigenvalue weighted by atomic mass is 16.5. The van der Waals surface area contributed by atoms with Gasteiger partial charge in [-0.05, 0) is 35.9 Å². The summed E-state index contributed by atoms with van der Waals surface area (Å²) in [7, 11) is 0. The summed E-state index contributed by atoms with van der Waals surface area (Å²) in [6, 6.07) is 18.3. The van der Waals surface area contributed by atoms with Crippen molar-refractivity contribution in [2.75, 3.05) is 6.61 Å². The molecule has 1 heterocycles. The number of hydrogen-bond donors (Lipinski definition) is 2. The molecule has 2 N–H and O–H groups in total. The van der Waals surface area contributed by atoms with Gasteiger partial charge in [0.15, 0.2) is 6.61 Å². The zero-order chi connectivity index (χ0) is 21.2. The van der Waals surface area contributed by atoms with Crippen LogP contribution in [0, 0.1) is 11.3 Å². The Morgan fingerprint density at radius 1 is 1.10 bits per heavy atom. The highest BCUT2D eigenvalue weighted by molar-refractivity contribution is 5.93. The molecule has 2 amide bonds. The maximum atomic E-state index is 11.9. The summed E-state index contributed by atoms with van der Waals surface area (Å²) in [5.74, 6) is -0.558. The second kappa shape index (κ2) is 10.2. The van der Waals surface area contributed by atoms with E-state index in [2.05, 4.69) is 16.0 Å². The second-order valence-electron chi connectivity index (χ2n) is 6.25. The van der Waals surface area contributed by atoms with Gasteiger partial charge in [-0.3, -0.25) is 25.1 Å². The second-order valence-corrected chi connectivity index (χ2v) is 6.25. The van der Waals surface area contributed by atoms with Crippen LogP contribution in [0.4, 0.5) is 0 Å². The molecule has 8 heteroatoms. The van der Waals surface area contributed by atoms with Crippen molar-refractivity contribution >= 4 is 17.9 Å². The van der Waals surface area contributed by atoms with Crippen LogP contribution >= 0.6 is 0 Å². The fourth-order valence-electron chi connectivity index (χ4n) is 2.48. The van der Waals surface area contributed by atoms with Crippen LogP contribution in [0.1, 0.15) is 16.7 Å². The van der Waals surface area contributed by atoms with Gasteiger partial charge in [-0.25, -0.2) is 0 Å². The van der Waals surface area contributed by atoms with Crippen molar-refractivity contribution in [2.45, 2.75) is 6.54 Å². The quantitative estimate of drug-likeness (QED) is 0.465. The Labute approximate surface area is 173 Å². The molecule has 0 radical (unpaired) electrons. The summed E-state index contributed by atoms with van der Waals surface area (Å²) in [4.78, 5) is 23.6. The minimum absolute atomic E-state index is 0.276. The third-order valence-corrected chi connectivity index (χ3v) is 3.95. The molecule has 0 saturated heterocycles. The molecule has 3 aromatic rings. The Bertz CT molecular complexity index is 1070. The number of nitrogens with one attached hydrogen (secondary N) is 2. The van der Waals surface area contributed by atoms with Gasteiger partial charge in [-0.2, -0.15) is 10.4 Å². The van der Waals surface area contributed by atoms with E-state index in [9.17, 15) is 9.59 Å². The third-order valence-electron chi connectivity index (χ3n) is 3.95. The number of hydrogen-bond acceptors (Lipinski definition) is 5. The topological polar surface area (TPSA) is 109 Å². The number of nitrogens with zero attached hydrogens (tertiary/aromatic N) is 3. The molecule has 0 fully saturated rings. The highest BCUT2D eigenvalue weighted by Crippen LogP contribution is 2.11. The summed E-state index contributed by atoms with van der Waals surface area (Å²) >= 11 is 0. The summed E-state index contributed by atoms with van der Waals surface area (Å²) < 4.78 is 7.05. The van der Waals surface area contributed by atoms with Gasteiger partial charge in [-0.15, -0.1) is 0 Å². The minimum Gasteiger partial charge on any atom is -0.484 e. The predicted molar refractivity (Wildman–Crippen MR) is 110 cm³/mol. The van der Waals surface area contributed by atoms with Crippen LogP contribution < -0.4 is 15.6 Å². The molecule has 30 heavy (non-hydrogen) atoms. The van der Waals surface area contributed by atoms with E-state index in [1.54, 1.807) is 41.2 Å². The van der Waals surface area contributed by atoms with Crippen molar-refractivity contribution in [3.8, 4) is 11.8 Å². The largest absolute Gasteiger partial charge is 0.484 e. The lowest BCUT2D eigenvalue weighted by molar-refractivity contribution is -0.128. The third kappa shape index (κ3) is 6.35. The molecule has 0 spiro atoms. The average Bonchev–Trinajstić information content (AvgIpc) is 3.23. The number of hydrazine groups is 1. The summed E-state index contributed by atoms with van der Waals surface area (Å²) in [6.07, 6.45) is 6.37. The lowest BCUT2D eigenvalue weighted by Gasteiger charge is -2.07. The van der Waals surface area contributed by atoms with Crippen LogP contribution in [-0.2, 0) is 16.1 Å². The van der Waals surface area contributed by atoms with E-state index in [1.165, 1.54) is 6.08 Å². The minimum atomic E-state index is -0.517. The first kappa shape index (κ1) is 20.4. The molecular weight excluding hydrogens is 382 g/mol. The number of aromatic nitrogens is 2. The van der Waals surface area contributed by atoms with Crippen molar-refractivity contribution in [2.24, 2.45) is 0 Å². The first-order valence-corrected chi connectivity index (χ1v) is 9.08. The van der Waals surface area contributed by atoms with Gasteiger partial charge in [-0.1, -0.05) is 30.3 Å². The lowest BCUT2D eigenvalue weighted by atomic mass is 10.2. The summed E-state index contributed by atoms with van der Waals surface area (Å²) in [5, 5.41) is 13.0. The van der Waals surface area contributed by atoms with Gasteiger partial charge in [0.2, 0.25) is 0 Å². The van der Waals surface area contributed by atoms with Gasteiger partial charge in [0, 0.05) is 17.8 Å². The van der Waals surface area contributed by atoms with Gasteiger partial charge in [0.05, 0.1) is 24.4 Å². The normalized spacial score (nSPS) is 10.4. The number of nitriles is 1. The Morgan fingerprint density at radius 3 is 2.60 bits per heavy atom.